The summed E-state index contributed by atoms with van der Waals surface area (Å²) in [5.41, 5.74) is 1.44. The van der Waals surface area contributed by atoms with E-state index in [0.717, 1.165) is 4.90 Å². The van der Waals surface area contributed by atoms with Crippen molar-refractivity contribution in [2.24, 2.45) is 5.92 Å². The molecule has 0 bridgehead atoms. The summed E-state index contributed by atoms with van der Waals surface area (Å²) in [6.07, 6.45) is 0.664. The van der Waals surface area contributed by atoms with Crippen LogP contribution in [0.3, 0.4) is 0 Å². The average Bonchev–Trinajstić information content (AvgIpc) is 2.61. The molecule has 1 atom stereocenters. The molecular weight excluding hydrogens is 318 g/mol. The van der Waals surface area contributed by atoms with E-state index < -0.39 is 11.8 Å². The number of rotatable bonds is 4. The number of carbonyl (C=O) groups is 4. The average molecular weight is 337 g/mol. The summed E-state index contributed by atoms with van der Waals surface area (Å²) in [6, 6.07) is 6.31. The van der Waals surface area contributed by atoms with Crippen LogP contribution in [0.2, 0.25) is 0 Å². The molecule has 2 aromatic carbocycles. The van der Waals surface area contributed by atoms with Crippen LogP contribution >= 0.6 is 0 Å². The molecule has 2 amide bonds. The Hall–Kier alpha value is -2.82. The first-order valence-electron chi connectivity index (χ1n) is 8.26. The number of Topliss-reactive ketones (excluding diaryl/α,β-unsaturated/α-hetero) is 2. The Kier molecular flexibility index (Phi) is 4.03. The van der Waals surface area contributed by atoms with E-state index in [-0.39, 0.29) is 17.5 Å². The lowest BCUT2D eigenvalue weighted by molar-refractivity contribution is 0.0649. The van der Waals surface area contributed by atoms with Crippen molar-refractivity contribution in [3.63, 3.8) is 0 Å². The van der Waals surface area contributed by atoms with Crippen LogP contribution in [0.15, 0.2) is 24.3 Å². The first-order chi connectivity index (χ1) is 11.8. The van der Waals surface area contributed by atoms with Crippen LogP contribution in [0.5, 0.6) is 0 Å². The highest BCUT2D eigenvalue weighted by Gasteiger charge is 2.33. The van der Waals surface area contributed by atoms with Gasteiger partial charge in [0.05, 0.1) is 0 Å². The van der Waals surface area contributed by atoms with Crippen molar-refractivity contribution in [2.75, 3.05) is 7.05 Å². The predicted molar refractivity (Wildman–Crippen MR) is 94.2 cm³/mol. The minimum absolute atomic E-state index is 0.0903. The fourth-order valence-corrected chi connectivity index (χ4v) is 3.26. The minimum Gasteiger partial charge on any atom is -0.294 e. The molecular formula is C20H19NO4. The molecule has 3 rings (SSSR count). The Morgan fingerprint density at radius 3 is 1.96 bits per heavy atom. The second kappa shape index (κ2) is 5.92. The first kappa shape index (κ1) is 17.0. The molecule has 5 nitrogen and oxygen atoms in total. The van der Waals surface area contributed by atoms with Crippen LogP contribution in [0.1, 0.15) is 68.6 Å². The van der Waals surface area contributed by atoms with Gasteiger partial charge >= 0.3 is 0 Å². The fraction of sp³-hybridized carbons (Fsp3) is 0.300. The number of hydrogen-bond acceptors (Lipinski definition) is 4. The van der Waals surface area contributed by atoms with Crippen molar-refractivity contribution in [3.05, 3.63) is 46.5 Å². The Labute approximate surface area is 145 Å². The second-order valence-corrected chi connectivity index (χ2v) is 6.47. The number of imide groups is 1. The second-order valence-electron chi connectivity index (χ2n) is 6.47. The maximum absolute atomic E-state index is 12.8. The molecule has 0 radical (unpaired) electrons. The van der Waals surface area contributed by atoms with Gasteiger partial charge in [-0.25, -0.2) is 0 Å². The summed E-state index contributed by atoms with van der Waals surface area (Å²) in [7, 11) is 1.43. The van der Waals surface area contributed by atoms with Crippen LogP contribution < -0.4 is 0 Å². The van der Waals surface area contributed by atoms with Crippen molar-refractivity contribution in [1.82, 2.24) is 4.90 Å². The maximum Gasteiger partial charge on any atom is 0.261 e. The molecule has 1 aliphatic rings. The van der Waals surface area contributed by atoms with E-state index in [1.165, 1.54) is 14.0 Å². The lowest BCUT2D eigenvalue weighted by Crippen LogP contribution is -2.37. The van der Waals surface area contributed by atoms with E-state index in [1.54, 1.807) is 24.3 Å². The standard InChI is InChI=1S/C20H19NO4/c1-5-10(2)18(23)13-7-9-15-17-14(19(24)21(4)20(15)25)8-6-12(11(3)22)16(13)17/h6-10H,5H2,1-4H3. The van der Waals surface area contributed by atoms with Gasteiger partial charge < -0.3 is 0 Å². The molecule has 0 aromatic heterocycles. The molecule has 1 unspecified atom stereocenters. The molecule has 2 aromatic rings. The summed E-state index contributed by atoms with van der Waals surface area (Å²) in [6.45, 7) is 5.16. The van der Waals surface area contributed by atoms with E-state index in [0.29, 0.717) is 39.4 Å². The molecule has 0 spiro atoms. The van der Waals surface area contributed by atoms with Crippen molar-refractivity contribution < 1.29 is 19.2 Å². The predicted octanol–water partition coefficient (Wildman–Crippen LogP) is 3.50. The van der Waals surface area contributed by atoms with Crippen molar-refractivity contribution in [2.45, 2.75) is 27.2 Å². The highest BCUT2D eigenvalue weighted by Crippen LogP contribution is 2.35. The van der Waals surface area contributed by atoms with Gasteiger partial charge in [-0.3, -0.25) is 24.1 Å². The van der Waals surface area contributed by atoms with Crippen LogP contribution in [0.25, 0.3) is 10.8 Å². The highest BCUT2D eigenvalue weighted by atomic mass is 16.2. The smallest absolute Gasteiger partial charge is 0.261 e. The quantitative estimate of drug-likeness (QED) is 0.632. The van der Waals surface area contributed by atoms with Gasteiger partial charge in [0.15, 0.2) is 11.6 Å². The summed E-state index contributed by atoms with van der Waals surface area (Å²) >= 11 is 0. The zero-order chi connectivity index (χ0) is 18.5. The van der Waals surface area contributed by atoms with E-state index in [4.69, 9.17) is 0 Å². The normalized spacial score (nSPS) is 14.8. The molecule has 5 heteroatoms. The lowest BCUT2D eigenvalue weighted by atomic mass is 9.84. The van der Waals surface area contributed by atoms with Crippen LogP contribution in [0, 0.1) is 5.92 Å². The largest absolute Gasteiger partial charge is 0.294 e. The summed E-state index contributed by atoms with van der Waals surface area (Å²) < 4.78 is 0. The molecule has 128 valence electrons. The van der Waals surface area contributed by atoms with Crippen LogP contribution in [0.4, 0.5) is 0 Å². The zero-order valence-corrected chi connectivity index (χ0v) is 14.7. The number of nitrogens with zero attached hydrogens (tertiary/aromatic N) is 1. The summed E-state index contributed by atoms with van der Waals surface area (Å²) in [4.78, 5) is 51.0. The number of ketones is 2. The van der Waals surface area contributed by atoms with Gasteiger partial charge in [0.2, 0.25) is 0 Å². The van der Waals surface area contributed by atoms with Gasteiger partial charge in [-0.15, -0.1) is 0 Å². The van der Waals surface area contributed by atoms with E-state index in [2.05, 4.69) is 0 Å². The SMILES string of the molecule is CCC(C)C(=O)c1ccc2c3c(ccc(C(C)=O)c13)C(=O)N(C)C2=O. The van der Waals surface area contributed by atoms with Crippen molar-refractivity contribution in [1.29, 1.82) is 0 Å². The highest BCUT2D eigenvalue weighted by molar-refractivity contribution is 6.30. The topological polar surface area (TPSA) is 71.5 Å². The molecule has 25 heavy (non-hydrogen) atoms. The number of hydrogen-bond donors (Lipinski definition) is 0. The number of carbonyl (C=O) groups excluding carboxylic acids is 4. The fourth-order valence-electron chi connectivity index (χ4n) is 3.26. The van der Waals surface area contributed by atoms with E-state index in [1.807, 2.05) is 13.8 Å². The molecule has 1 aliphatic heterocycles. The van der Waals surface area contributed by atoms with Crippen molar-refractivity contribution >= 4 is 34.2 Å². The minimum atomic E-state index is -0.425. The Bertz CT molecular complexity index is 936. The Morgan fingerprint density at radius 2 is 1.48 bits per heavy atom. The Morgan fingerprint density at radius 1 is 0.960 bits per heavy atom. The first-order valence-corrected chi connectivity index (χ1v) is 8.26. The van der Waals surface area contributed by atoms with Gasteiger partial charge in [-0.2, -0.15) is 0 Å². The zero-order valence-electron chi connectivity index (χ0n) is 14.7. The molecule has 0 fully saturated rings. The van der Waals surface area contributed by atoms with Crippen molar-refractivity contribution in [3.8, 4) is 0 Å². The molecule has 0 N–H and O–H groups in total. The Balaban J connectivity index is 2.48. The van der Waals surface area contributed by atoms with Gasteiger partial charge in [0.1, 0.15) is 0 Å². The lowest BCUT2D eigenvalue weighted by Gasteiger charge is -2.25. The van der Waals surface area contributed by atoms with Crippen LogP contribution in [-0.2, 0) is 0 Å². The maximum atomic E-state index is 12.8. The number of amides is 2. The molecule has 1 heterocycles. The molecule has 0 saturated carbocycles. The third-order valence-corrected chi connectivity index (χ3v) is 4.94. The van der Waals surface area contributed by atoms with Gasteiger partial charge in [0, 0.05) is 46.0 Å². The van der Waals surface area contributed by atoms with Gasteiger partial charge in [-0.1, -0.05) is 13.8 Å². The summed E-state index contributed by atoms with van der Waals surface area (Å²) in [5, 5.41) is 0.831. The van der Waals surface area contributed by atoms with Gasteiger partial charge in [0.25, 0.3) is 11.8 Å². The monoisotopic (exact) mass is 337 g/mol. The third-order valence-electron chi connectivity index (χ3n) is 4.94. The van der Waals surface area contributed by atoms with E-state index in [9.17, 15) is 19.2 Å². The third kappa shape index (κ3) is 2.38. The summed E-state index contributed by atoms with van der Waals surface area (Å²) in [5.74, 6) is -1.36. The number of benzene rings is 2. The van der Waals surface area contributed by atoms with E-state index >= 15 is 0 Å². The van der Waals surface area contributed by atoms with Crippen LogP contribution in [-0.4, -0.2) is 35.3 Å². The molecule has 0 aliphatic carbocycles. The molecule has 0 saturated heterocycles. The van der Waals surface area contributed by atoms with Gasteiger partial charge in [-0.05, 0) is 37.6 Å².